The van der Waals surface area contributed by atoms with Crippen molar-refractivity contribution in [1.29, 1.82) is 0 Å². The van der Waals surface area contributed by atoms with Gasteiger partial charge < -0.3 is 15.5 Å². The smallest absolute Gasteiger partial charge is 0.243 e. The van der Waals surface area contributed by atoms with Crippen LogP contribution < -0.4 is 10.6 Å². The highest BCUT2D eigenvalue weighted by molar-refractivity contribution is 7.13. The quantitative estimate of drug-likeness (QED) is 0.812. The number of carbonyl (C=O) groups excluding carboxylic acids is 2. The Kier molecular flexibility index (Phi) is 5.58. The van der Waals surface area contributed by atoms with Gasteiger partial charge in [-0.2, -0.15) is 0 Å². The topological polar surface area (TPSA) is 77.6 Å². The first-order chi connectivity index (χ1) is 11.2. The fraction of sp³-hybridized carbons (Fsp3) is 0.667. The molecule has 3 rings (SSSR count). The molecule has 1 atom stereocenters. The molecule has 126 valence electrons. The number of rotatable bonds is 5. The van der Waals surface area contributed by atoms with E-state index in [-0.39, 0.29) is 17.9 Å². The number of carbonyl (C=O) groups is 2. The van der Waals surface area contributed by atoms with Crippen molar-refractivity contribution < 1.29 is 9.59 Å². The molecule has 0 saturated carbocycles. The molecule has 0 radical (unpaired) electrons. The van der Waals surface area contributed by atoms with E-state index in [9.17, 15) is 9.59 Å². The maximum absolute atomic E-state index is 12.4. The number of nitrogens with one attached hydrogen (secondary N) is 2. The molecule has 7 nitrogen and oxygen atoms in total. The lowest BCUT2D eigenvalue weighted by Crippen LogP contribution is -2.47. The van der Waals surface area contributed by atoms with Crippen molar-refractivity contribution in [2.75, 3.05) is 44.6 Å². The van der Waals surface area contributed by atoms with Crippen molar-refractivity contribution in [2.24, 2.45) is 0 Å². The highest BCUT2D eigenvalue weighted by Crippen LogP contribution is 2.20. The molecule has 8 heteroatoms. The van der Waals surface area contributed by atoms with E-state index >= 15 is 0 Å². The molecule has 2 fully saturated rings. The Morgan fingerprint density at radius 2 is 2.17 bits per heavy atom. The first-order valence-corrected chi connectivity index (χ1v) is 9.05. The minimum atomic E-state index is -0.144. The van der Waals surface area contributed by atoms with Gasteiger partial charge in [-0.1, -0.05) is 0 Å². The number of thiazole rings is 1. The predicted molar refractivity (Wildman–Crippen MR) is 89.4 cm³/mol. The molecule has 2 N–H and O–H groups in total. The highest BCUT2D eigenvalue weighted by Gasteiger charge is 2.31. The van der Waals surface area contributed by atoms with Gasteiger partial charge in [0, 0.05) is 50.7 Å². The van der Waals surface area contributed by atoms with E-state index in [0.717, 1.165) is 45.6 Å². The van der Waals surface area contributed by atoms with Gasteiger partial charge in [0.15, 0.2) is 5.13 Å². The van der Waals surface area contributed by atoms with Gasteiger partial charge in [-0.3, -0.25) is 14.5 Å². The molecular weight excluding hydrogens is 314 g/mol. The SMILES string of the molecule is O=C(Nc1nccs1)C1CCCN1CCC(=O)N1CCNCC1. The Bertz CT molecular complexity index is 530. The number of anilines is 1. The molecule has 2 aliphatic heterocycles. The molecule has 0 aromatic carbocycles. The monoisotopic (exact) mass is 337 g/mol. The number of likely N-dealkylation sites (tertiary alicyclic amines) is 1. The molecule has 23 heavy (non-hydrogen) atoms. The normalized spacial score (nSPS) is 22.3. The summed E-state index contributed by atoms with van der Waals surface area (Å²) in [7, 11) is 0. The van der Waals surface area contributed by atoms with Crippen molar-refractivity contribution in [3.8, 4) is 0 Å². The van der Waals surface area contributed by atoms with Crippen molar-refractivity contribution in [3.05, 3.63) is 11.6 Å². The minimum absolute atomic E-state index is 0.00734. The largest absolute Gasteiger partial charge is 0.340 e. The average molecular weight is 337 g/mol. The number of piperazine rings is 1. The van der Waals surface area contributed by atoms with Crippen molar-refractivity contribution in [3.63, 3.8) is 0 Å². The van der Waals surface area contributed by atoms with Crippen molar-refractivity contribution in [1.82, 2.24) is 20.1 Å². The molecule has 2 saturated heterocycles. The third kappa shape index (κ3) is 4.27. The zero-order chi connectivity index (χ0) is 16.1. The molecule has 2 aliphatic rings. The third-order valence-electron chi connectivity index (χ3n) is 4.41. The number of nitrogens with zero attached hydrogens (tertiary/aromatic N) is 3. The van der Waals surface area contributed by atoms with Gasteiger partial charge in [-0.25, -0.2) is 4.98 Å². The van der Waals surface area contributed by atoms with E-state index in [4.69, 9.17) is 0 Å². The van der Waals surface area contributed by atoms with Gasteiger partial charge in [0.2, 0.25) is 11.8 Å². The van der Waals surface area contributed by atoms with E-state index in [1.54, 1.807) is 6.20 Å². The first-order valence-electron chi connectivity index (χ1n) is 8.17. The van der Waals surface area contributed by atoms with Crippen LogP contribution in [0.5, 0.6) is 0 Å². The molecule has 3 heterocycles. The molecule has 1 unspecified atom stereocenters. The second-order valence-electron chi connectivity index (χ2n) is 5.90. The van der Waals surface area contributed by atoms with Gasteiger partial charge in [0.25, 0.3) is 0 Å². The lowest BCUT2D eigenvalue weighted by Gasteiger charge is -2.29. The van der Waals surface area contributed by atoms with Crippen LogP contribution in [0.25, 0.3) is 0 Å². The zero-order valence-corrected chi connectivity index (χ0v) is 14.0. The van der Waals surface area contributed by atoms with Crippen LogP contribution in [0, 0.1) is 0 Å². The lowest BCUT2D eigenvalue weighted by molar-refractivity contribution is -0.132. The second-order valence-corrected chi connectivity index (χ2v) is 6.80. The van der Waals surface area contributed by atoms with E-state index in [1.807, 2.05) is 10.3 Å². The van der Waals surface area contributed by atoms with Crippen LogP contribution in [0.4, 0.5) is 5.13 Å². The summed E-state index contributed by atoms with van der Waals surface area (Å²) in [6.45, 7) is 4.84. The third-order valence-corrected chi connectivity index (χ3v) is 5.10. The molecule has 1 aromatic heterocycles. The maximum Gasteiger partial charge on any atom is 0.243 e. The van der Waals surface area contributed by atoms with Gasteiger partial charge in [-0.05, 0) is 19.4 Å². The first kappa shape index (κ1) is 16.4. The molecule has 0 bridgehead atoms. The number of aromatic nitrogens is 1. The number of hydrogen-bond donors (Lipinski definition) is 2. The lowest BCUT2D eigenvalue weighted by atomic mass is 10.2. The van der Waals surface area contributed by atoms with Gasteiger partial charge in [-0.15, -0.1) is 11.3 Å². The predicted octanol–water partition coefficient (Wildman–Crippen LogP) is 0.368. The summed E-state index contributed by atoms with van der Waals surface area (Å²) in [4.78, 5) is 32.8. The van der Waals surface area contributed by atoms with Crippen molar-refractivity contribution >= 4 is 28.3 Å². The van der Waals surface area contributed by atoms with Crippen LogP contribution in [0.1, 0.15) is 19.3 Å². The van der Waals surface area contributed by atoms with Crippen LogP contribution in [0.2, 0.25) is 0 Å². The minimum Gasteiger partial charge on any atom is -0.340 e. The van der Waals surface area contributed by atoms with Crippen molar-refractivity contribution in [2.45, 2.75) is 25.3 Å². The molecule has 1 aromatic rings. The number of hydrogen-bond acceptors (Lipinski definition) is 6. The van der Waals surface area contributed by atoms with E-state index in [1.165, 1.54) is 11.3 Å². The standard InChI is InChI=1S/C15H23N5O2S/c21-13(20-9-4-16-5-10-20)3-8-19-7-1-2-12(19)14(22)18-15-17-6-11-23-15/h6,11-12,16H,1-5,7-10H2,(H,17,18,22). The van der Waals surface area contributed by atoms with Crippen LogP contribution >= 0.6 is 11.3 Å². The summed E-state index contributed by atoms with van der Waals surface area (Å²) in [5.41, 5.74) is 0. The highest BCUT2D eigenvalue weighted by atomic mass is 32.1. The van der Waals surface area contributed by atoms with Gasteiger partial charge in [0.1, 0.15) is 0 Å². The van der Waals surface area contributed by atoms with Crippen LogP contribution in [-0.4, -0.2) is 71.9 Å². The van der Waals surface area contributed by atoms with E-state index in [2.05, 4.69) is 20.5 Å². The van der Waals surface area contributed by atoms with Crippen LogP contribution in [0.3, 0.4) is 0 Å². The average Bonchev–Trinajstić information content (AvgIpc) is 3.24. The summed E-state index contributed by atoms with van der Waals surface area (Å²) in [5, 5.41) is 8.59. The fourth-order valence-corrected chi connectivity index (χ4v) is 3.71. The summed E-state index contributed by atoms with van der Waals surface area (Å²) >= 11 is 1.42. The van der Waals surface area contributed by atoms with E-state index < -0.39 is 0 Å². The summed E-state index contributed by atoms with van der Waals surface area (Å²) < 4.78 is 0. The number of amides is 2. The van der Waals surface area contributed by atoms with Gasteiger partial charge in [0.05, 0.1) is 6.04 Å². The molecule has 0 spiro atoms. The zero-order valence-electron chi connectivity index (χ0n) is 13.2. The van der Waals surface area contributed by atoms with Crippen LogP contribution in [0.15, 0.2) is 11.6 Å². The Morgan fingerprint density at radius 3 is 2.91 bits per heavy atom. The van der Waals surface area contributed by atoms with E-state index in [0.29, 0.717) is 18.1 Å². The Morgan fingerprint density at radius 1 is 1.35 bits per heavy atom. The Hall–Kier alpha value is -1.51. The molecule has 2 amide bonds. The Labute approximate surface area is 140 Å². The molecule has 0 aliphatic carbocycles. The summed E-state index contributed by atoms with van der Waals surface area (Å²) in [6.07, 6.45) is 4.01. The Balaban J connectivity index is 1.48. The maximum atomic E-state index is 12.4. The second kappa shape index (κ2) is 7.85. The summed E-state index contributed by atoms with van der Waals surface area (Å²) in [5.74, 6) is 0.185. The molecular formula is C15H23N5O2S. The fourth-order valence-electron chi connectivity index (χ4n) is 3.18. The van der Waals surface area contributed by atoms with Gasteiger partial charge >= 0.3 is 0 Å². The van der Waals surface area contributed by atoms with Crippen LogP contribution in [-0.2, 0) is 9.59 Å². The summed E-state index contributed by atoms with van der Waals surface area (Å²) in [6, 6.07) is -0.144.